The van der Waals surface area contributed by atoms with Crippen LogP contribution in [0.15, 0.2) is 0 Å². The minimum Gasteiger partial charge on any atom is -0.101 e. The second-order valence-electron chi connectivity index (χ2n) is 1.64. The summed E-state index contributed by atoms with van der Waals surface area (Å²) in [6.45, 7) is 4.26. The van der Waals surface area contributed by atoms with Crippen LogP contribution in [0, 0.1) is 0 Å². The van der Waals surface area contributed by atoms with Crippen molar-refractivity contribution < 1.29 is 0 Å². The first-order chi connectivity index (χ1) is 3.31. The molecule has 0 aliphatic heterocycles. The van der Waals surface area contributed by atoms with Crippen LogP contribution >= 0.6 is 12.2 Å². The predicted octanol–water partition coefficient (Wildman–Crippen LogP) is 1.60. The predicted molar refractivity (Wildman–Crippen MR) is 40.5 cm³/mol. The molecule has 7 heavy (non-hydrogen) atoms. The summed E-state index contributed by atoms with van der Waals surface area (Å²) in [5.74, 6) is 0. The van der Waals surface area contributed by atoms with E-state index in [0.29, 0.717) is 0 Å². The second kappa shape index (κ2) is 4.32. The van der Waals surface area contributed by atoms with Crippen LogP contribution in [0.3, 0.4) is 0 Å². The molecule has 0 aromatic heterocycles. The van der Waals surface area contributed by atoms with Gasteiger partial charge in [0.2, 0.25) is 0 Å². The lowest BCUT2D eigenvalue weighted by Gasteiger charge is -1.89. The standard InChI is InChI=1S/C5H11BS/c1-3-5(7)6-4-2/h6H,3-4H2,1-2H3. The zero-order valence-electron chi connectivity index (χ0n) is 5.03. The third-order valence-electron chi connectivity index (χ3n) is 0.923. The summed E-state index contributed by atoms with van der Waals surface area (Å²) < 4.78 is 1.21. The van der Waals surface area contributed by atoms with E-state index in [1.54, 1.807) is 0 Å². The minimum atomic E-state index is 1.07. The van der Waals surface area contributed by atoms with Gasteiger partial charge in [-0.05, 0) is 11.2 Å². The van der Waals surface area contributed by atoms with Gasteiger partial charge in [-0.1, -0.05) is 20.2 Å². The van der Waals surface area contributed by atoms with E-state index in [-0.39, 0.29) is 0 Å². The van der Waals surface area contributed by atoms with Crippen LogP contribution in [-0.4, -0.2) is 12.0 Å². The van der Waals surface area contributed by atoms with Gasteiger partial charge < -0.3 is 0 Å². The largest absolute Gasteiger partial charge is 0.166 e. The van der Waals surface area contributed by atoms with Crippen molar-refractivity contribution in [3.8, 4) is 0 Å². The Morgan fingerprint density at radius 2 is 2.14 bits per heavy atom. The molecule has 0 aliphatic carbocycles. The van der Waals surface area contributed by atoms with Crippen molar-refractivity contribution in [1.82, 2.24) is 0 Å². The van der Waals surface area contributed by atoms with E-state index < -0.39 is 0 Å². The highest BCUT2D eigenvalue weighted by molar-refractivity contribution is 7.83. The van der Waals surface area contributed by atoms with Crippen molar-refractivity contribution in [2.45, 2.75) is 26.6 Å². The highest BCUT2D eigenvalue weighted by atomic mass is 32.1. The molecule has 0 aliphatic rings. The molecule has 0 nitrogen and oxygen atoms in total. The average molecular weight is 114 g/mol. The maximum Gasteiger partial charge on any atom is 0.166 e. The molecule has 0 aromatic carbocycles. The lowest BCUT2D eigenvalue weighted by molar-refractivity contribution is 1.33. The van der Waals surface area contributed by atoms with E-state index in [4.69, 9.17) is 12.2 Å². The average Bonchev–Trinajstić information content (AvgIpc) is 1.68. The van der Waals surface area contributed by atoms with Gasteiger partial charge in [0, 0.05) is 0 Å². The van der Waals surface area contributed by atoms with E-state index in [0.717, 1.165) is 13.7 Å². The van der Waals surface area contributed by atoms with Crippen molar-refractivity contribution in [2.75, 3.05) is 0 Å². The molecule has 0 N–H and O–H groups in total. The van der Waals surface area contributed by atoms with E-state index in [9.17, 15) is 0 Å². The van der Waals surface area contributed by atoms with Crippen molar-refractivity contribution in [3.05, 3.63) is 0 Å². The molecule has 0 bridgehead atoms. The van der Waals surface area contributed by atoms with Gasteiger partial charge in [-0.25, -0.2) is 0 Å². The fourth-order valence-corrected chi connectivity index (χ4v) is 0.660. The molecule has 0 radical (unpaired) electrons. The molecule has 40 valence electrons. The summed E-state index contributed by atoms with van der Waals surface area (Å²) in [6.07, 6.45) is 2.27. The second-order valence-corrected chi connectivity index (χ2v) is 2.22. The molecule has 0 spiro atoms. The van der Waals surface area contributed by atoms with Gasteiger partial charge in [0.1, 0.15) is 0 Å². The summed E-state index contributed by atoms with van der Waals surface area (Å²) in [5.41, 5.74) is 0. The lowest BCUT2D eigenvalue weighted by Crippen LogP contribution is -2.01. The number of thiocarbonyl (C=S) groups is 1. The zero-order valence-corrected chi connectivity index (χ0v) is 5.85. The Kier molecular flexibility index (Phi) is 4.41. The van der Waals surface area contributed by atoms with E-state index in [1.165, 1.54) is 11.1 Å². The number of hydrogen-bond acceptors (Lipinski definition) is 1. The van der Waals surface area contributed by atoms with Gasteiger partial charge >= 0.3 is 0 Å². The van der Waals surface area contributed by atoms with Crippen molar-refractivity contribution in [1.29, 1.82) is 0 Å². The topological polar surface area (TPSA) is 0 Å². The lowest BCUT2D eigenvalue weighted by atomic mass is 9.71. The monoisotopic (exact) mass is 114 g/mol. The Morgan fingerprint density at radius 3 is 2.29 bits per heavy atom. The highest BCUT2D eigenvalue weighted by Gasteiger charge is 1.89. The Bertz CT molecular complexity index is 61.1. The fourth-order valence-electron chi connectivity index (χ4n) is 0.456. The van der Waals surface area contributed by atoms with Crippen LogP contribution in [0.2, 0.25) is 6.32 Å². The molecule has 2 heteroatoms. The van der Waals surface area contributed by atoms with E-state index in [2.05, 4.69) is 13.8 Å². The molecule has 0 atom stereocenters. The van der Waals surface area contributed by atoms with E-state index in [1.807, 2.05) is 0 Å². The summed E-state index contributed by atoms with van der Waals surface area (Å²) in [4.78, 5) is 0. The SMILES string of the molecule is CCBC(=S)CC. The van der Waals surface area contributed by atoms with Crippen molar-refractivity contribution in [3.63, 3.8) is 0 Å². The number of hydrogen-bond donors (Lipinski definition) is 0. The molecular weight excluding hydrogens is 103 g/mol. The Labute approximate surface area is 51.5 Å². The van der Waals surface area contributed by atoms with Crippen LogP contribution in [0.5, 0.6) is 0 Å². The van der Waals surface area contributed by atoms with E-state index >= 15 is 0 Å². The summed E-state index contributed by atoms with van der Waals surface area (Å²) in [5, 5.41) is 0. The third-order valence-corrected chi connectivity index (χ3v) is 1.42. The number of rotatable bonds is 3. The van der Waals surface area contributed by atoms with Crippen LogP contribution in [0.25, 0.3) is 0 Å². The van der Waals surface area contributed by atoms with Crippen LogP contribution in [-0.2, 0) is 0 Å². The molecule has 0 unspecified atom stereocenters. The molecule has 0 fully saturated rings. The zero-order chi connectivity index (χ0) is 5.70. The van der Waals surface area contributed by atoms with Crippen LogP contribution in [0.4, 0.5) is 0 Å². The van der Waals surface area contributed by atoms with Crippen LogP contribution in [0.1, 0.15) is 20.3 Å². The first-order valence-corrected chi connectivity index (χ1v) is 3.23. The maximum atomic E-state index is 4.95. The van der Waals surface area contributed by atoms with Gasteiger partial charge in [0.15, 0.2) is 7.28 Å². The summed E-state index contributed by atoms with van der Waals surface area (Å²) >= 11 is 4.95. The van der Waals surface area contributed by atoms with Crippen molar-refractivity contribution in [2.24, 2.45) is 0 Å². The molecule has 0 rings (SSSR count). The quantitative estimate of drug-likeness (QED) is 0.396. The molecule has 0 aromatic rings. The van der Waals surface area contributed by atoms with Gasteiger partial charge in [-0.3, -0.25) is 0 Å². The molecular formula is C5H11BS. The van der Waals surface area contributed by atoms with Crippen LogP contribution < -0.4 is 0 Å². The molecule has 0 amide bonds. The Balaban J connectivity index is 3.00. The van der Waals surface area contributed by atoms with Gasteiger partial charge in [-0.15, -0.1) is 12.2 Å². The molecule has 0 saturated heterocycles. The summed E-state index contributed by atoms with van der Waals surface area (Å²) in [6, 6.07) is 0. The minimum absolute atomic E-state index is 1.07. The Morgan fingerprint density at radius 1 is 1.57 bits per heavy atom. The first-order valence-electron chi connectivity index (χ1n) is 2.83. The highest BCUT2D eigenvalue weighted by Crippen LogP contribution is 1.84. The van der Waals surface area contributed by atoms with Gasteiger partial charge in [0.25, 0.3) is 0 Å². The maximum absolute atomic E-state index is 4.95. The molecule has 0 saturated carbocycles. The fraction of sp³-hybridized carbons (Fsp3) is 0.800. The van der Waals surface area contributed by atoms with Crippen molar-refractivity contribution >= 4 is 24.3 Å². The Hall–Kier alpha value is 0.155. The normalized spacial score (nSPS) is 8.29. The van der Waals surface area contributed by atoms with Gasteiger partial charge in [0.05, 0.1) is 0 Å². The van der Waals surface area contributed by atoms with Gasteiger partial charge in [-0.2, -0.15) is 0 Å². The first kappa shape index (κ1) is 7.15. The third kappa shape index (κ3) is 4.00. The smallest absolute Gasteiger partial charge is 0.101 e. The molecule has 0 heterocycles. The summed E-state index contributed by atoms with van der Waals surface area (Å²) in [7, 11) is 1.13.